The van der Waals surface area contributed by atoms with E-state index in [1.165, 1.54) is 58.3 Å². The van der Waals surface area contributed by atoms with Crippen molar-refractivity contribution in [3.63, 3.8) is 0 Å². The first-order valence-corrected chi connectivity index (χ1v) is 7.20. The number of hydrogen-bond acceptors (Lipinski definition) is 2. The fourth-order valence-corrected chi connectivity index (χ4v) is 2.68. The van der Waals surface area contributed by atoms with Crippen molar-refractivity contribution in [3.8, 4) is 0 Å². The van der Waals surface area contributed by atoms with Crippen LogP contribution in [0.4, 0.5) is 0 Å². The smallest absolute Gasteiger partial charge is 0.00965 e. The van der Waals surface area contributed by atoms with E-state index in [0.717, 1.165) is 17.9 Å². The molecule has 2 nitrogen and oxygen atoms in total. The van der Waals surface area contributed by atoms with Crippen LogP contribution >= 0.6 is 0 Å². The van der Waals surface area contributed by atoms with E-state index in [2.05, 4.69) is 24.1 Å². The molecule has 16 heavy (non-hydrogen) atoms. The molecule has 0 radical (unpaired) electrons. The zero-order valence-corrected chi connectivity index (χ0v) is 11.0. The zero-order valence-electron chi connectivity index (χ0n) is 11.0. The summed E-state index contributed by atoms with van der Waals surface area (Å²) < 4.78 is 0. The zero-order chi connectivity index (χ0) is 11.4. The Labute approximate surface area is 101 Å². The summed E-state index contributed by atoms with van der Waals surface area (Å²) in [6, 6.07) is 0.952. The van der Waals surface area contributed by atoms with Gasteiger partial charge in [0.2, 0.25) is 0 Å². The average Bonchev–Trinajstić information content (AvgIpc) is 3.09. The van der Waals surface area contributed by atoms with Crippen LogP contribution in [0.25, 0.3) is 0 Å². The number of hydrogen-bond donors (Lipinski definition) is 1. The van der Waals surface area contributed by atoms with Crippen molar-refractivity contribution >= 4 is 0 Å². The molecule has 1 saturated heterocycles. The molecule has 0 unspecified atom stereocenters. The van der Waals surface area contributed by atoms with Gasteiger partial charge in [0.25, 0.3) is 0 Å². The predicted octanol–water partition coefficient (Wildman–Crippen LogP) is 2.50. The third kappa shape index (κ3) is 4.06. The largest absolute Gasteiger partial charge is 0.317 e. The maximum atomic E-state index is 3.46. The Kier molecular flexibility index (Phi) is 4.66. The third-order valence-corrected chi connectivity index (χ3v) is 4.01. The molecule has 1 aliphatic carbocycles. The molecule has 1 heterocycles. The van der Waals surface area contributed by atoms with Gasteiger partial charge in [-0.25, -0.2) is 0 Å². The van der Waals surface area contributed by atoms with Gasteiger partial charge >= 0.3 is 0 Å². The first-order valence-electron chi connectivity index (χ1n) is 7.20. The molecule has 0 amide bonds. The molecule has 2 aliphatic rings. The van der Waals surface area contributed by atoms with Gasteiger partial charge in [-0.1, -0.05) is 13.8 Å². The van der Waals surface area contributed by atoms with E-state index in [-0.39, 0.29) is 0 Å². The summed E-state index contributed by atoms with van der Waals surface area (Å²) in [4.78, 5) is 2.79. The van der Waals surface area contributed by atoms with E-state index < -0.39 is 0 Å². The van der Waals surface area contributed by atoms with Crippen LogP contribution in [0.15, 0.2) is 0 Å². The van der Waals surface area contributed by atoms with E-state index in [4.69, 9.17) is 0 Å². The molecule has 1 N–H and O–H groups in total. The molecule has 0 spiro atoms. The number of nitrogens with zero attached hydrogens (tertiary/aromatic N) is 1. The van der Waals surface area contributed by atoms with E-state index in [9.17, 15) is 0 Å². The molecule has 0 atom stereocenters. The number of piperidine rings is 1. The summed E-state index contributed by atoms with van der Waals surface area (Å²) in [5.74, 6) is 1.82. The number of rotatable bonds is 6. The number of nitrogens with one attached hydrogen (secondary N) is 1. The molecule has 2 rings (SSSR count). The Bertz CT molecular complexity index is 193. The van der Waals surface area contributed by atoms with Gasteiger partial charge in [-0.15, -0.1) is 0 Å². The van der Waals surface area contributed by atoms with Crippen LogP contribution in [-0.4, -0.2) is 37.1 Å². The highest BCUT2D eigenvalue weighted by molar-refractivity contribution is 4.86. The van der Waals surface area contributed by atoms with Gasteiger partial charge in [-0.05, 0) is 63.6 Å². The minimum Gasteiger partial charge on any atom is -0.317 e. The summed E-state index contributed by atoms with van der Waals surface area (Å²) >= 11 is 0. The first kappa shape index (κ1) is 12.4. The van der Waals surface area contributed by atoms with E-state index in [0.29, 0.717) is 0 Å². The highest BCUT2D eigenvalue weighted by Gasteiger charge is 2.30. The summed E-state index contributed by atoms with van der Waals surface area (Å²) in [7, 11) is 0. The van der Waals surface area contributed by atoms with Crippen LogP contribution in [0, 0.1) is 11.8 Å². The monoisotopic (exact) mass is 224 g/mol. The second-order valence-corrected chi connectivity index (χ2v) is 6.10. The van der Waals surface area contributed by atoms with Crippen molar-refractivity contribution < 1.29 is 0 Å². The van der Waals surface area contributed by atoms with E-state index in [1.807, 2.05) is 0 Å². The minimum atomic E-state index is 0.856. The molecule has 1 saturated carbocycles. The lowest BCUT2D eigenvalue weighted by Crippen LogP contribution is -2.38. The summed E-state index contributed by atoms with van der Waals surface area (Å²) in [6.45, 7) is 9.89. The predicted molar refractivity (Wildman–Crippen MR) is 69.6 cm³/mol. The molecule has 0 aromatic rings. The van der Waals surface area contributed by atoms with Crippen LogP contribution in [-0.2, 0) is 0 Å². The van der Waals surface area contributed by atoms with Crippen molar-refractivity contribution in [2.75, 3.05) is 26.2 Å². The fraction of sp³-hybridized carbons (Fsp3) is 1.00. The Morgan fingerprint density at radius 1 is 1.12 bits per heavy atom. The SMILES string of the molecule is CC(C)CCN(CC1CCNCC1)C1CC1. The van der Waals surface area contributed by atoms with Gasteiger partial charge in [0, 0.05) is 12.6 Å². The molecule has 2 heteroatoms. The van der Waals surface area contributed by atoms with Gasteiger partial charge in [-0.2, -0.15) is 0 Å². The molecule has 0 aromatic heterocycles. The Balaban J connectivity index is 1.73. The van der Waals surface area contributed by atoms with Gasteiger partial charge in [0.15, 0.2) is 0 Å². The maximum absolute atomic E-state index is 3.46. The van der Waals surface area contributed by atoms with Crippen LogP contribution in [0.5, 0.6) is 0 Å². The van der Waals surface area contributed by atoms with Crippen molar-refractivity contribution in [3.05, 3.63) is 0 Å². The average molecular weight is 224 g/mol. The van der Waals surface area contributed by atoms with Crippen molar-refractivity contribution in [1.29, 1.82) is 0 Å². The second kappa shape index (κ2) is 6.02. The van der Waals surface area contributed by atoms with Crippen molar-refractivity contribution in [2.45, 2.75) is 52.0 Å². The van der Waals surface area contributed by atoms with Crippen LogP contribution in [0.1, 0.15) is 46.0 Å². The lowest BCUT2D eigenvalue weighted by atomic mass is 9.97. The third-order valence-electron chi connectivity index (χ3n) is 4.01. The topological polar surface area (TPSA) is 15.3 Å². The van der Waals surface area contributed by atoms with Gasteiger partial charge in [-0.3, -0.25) is 0 Å². The summed E-state index contributed by atoms with van der Waals surface area (Å²) in [5.41, 5.74) is 0. The minimum absolute atomic E-state index is 0.856. The van der Waals surface area contributed by atoms with Crippen molar-refractivity contribution in [1.82, 2.24) is 10.2 Å². The Morgan fingerprint density at radius 2 is 1.81 bits per heavy atom. The molecule has 94 valence electrons. The molecular weight excluding hydrogens is 196 g/mol. The van der Waals surface area contributed by atoms with Crippen LogP contribution in [0.3, 0.4) is 0 Å². The quantitative estimate of drug-likeness (QED) is 0.746. The summed E-state index contributed by atoms with van der Waals surface area (Å²) in [6.07, 6.45) is 7.09. The van der Waals surface area contributed by atoms with Gasteiger partial charge < -0.3 is 10.2 Å². The normalized spacial score (nSPS) is 23.2. The second-order valence-electron chi connectivity index (χ2n) is 6.10. The van der Waals surface area contributed by atoms with Gasteiger partial charge in [0.05, 0.1) is 0 Å². The van der Waals surface area contributed by atoms with E-state index in [1.54, 1.807) is 0 Å². The lowest BCUT2D eigenvalue weighted by molar-refractivity contribution is 0.189. The summed E-state index contributed by atoms with van der Waals surface area (Å²) in [5, 5.41) is 3.46. The fourth-order valence-electron chi connectivity index (χ4n) is 2.68. The first-order chi connectivity index (χ1) is 7.75. The van der Waals surface area contributed by atoms with Crippen LogP contribution in [0.2, 0.25) is 0 Å². The van der Waals surface area contributed by atoms with Gasteiger partial charge in [0.1, 0.15) is 0 Å². The Hall–Kier alpha value is -0.0800. The molecule has 0 bridgehead atoms. The van der Waals surface area contributed by atoms with Crippen molar-refractivity contribution in [2.24, 2.45) is 11.8 Å². The standard InChI is InChI=1S/C14H28N2/c1-12(2)7-10-16(14-3-4-14)11-13-5-8-15-9-6-13/h12-15H,3-11H2,1-2H3. The van der Waals surface area contributed by atoms with E-state index >= 15 is 0 Å². The highest BCUT2D eigenvalue weighted by atomic mass is 15.2. The Morgan fingerprint density at radius 3 is 2.38 bits per heavy atom. The van der Waals surface area contributed by atoms with Crippen LogP contribution < -0.4 is 5.32 Å². The molecule has 2 fully saturated rings. The molecular formula is C14H28N2. The highest BCUT2D eigenvalue weighted by Crippen LogP contribution is 2.29. The lowest BCUT2D eigenvalue weighted by Gasteiger charge is -2.30. The maximum Gasteiger partial charge on any atom is 0.00965 e. The molecule has 1 aliphatic heterocycles. The molecule has 0 aromatic carbocycles.